The molecular formula is C20H25N5O2. The summed E-state index contributed by atoms with van der Waals surface area (Å²) in [6.45, 7) is 1.86. The number of carbonyl (C=O) groups excluding carboxylic acids is 2. The average Bonchev–Trinajstić information content (AvgIpc) is 3.09. The summed E-state index contributed by atoms with van der Waals surface area (Å²) in [5.41, 5.74) is 4.78. The van der Waals surface area contributed by atoms with Crippen LogP contribution in [0.15, 0.2) is 24.3 Å². The zero-order valence-electron chi connectivity index (χ0n) is 16.0. The fourth-order valence-electron chi connectivity index (χ4n) is 4.01. The monoisotopic (exact) mass is 367 g/mol. The zero-order chi connectivity index (χ0) is 19.1. The Morgan fingerprint density at radius 1 is 1.19 bits per heavy atom. The minimum Gasteiger partial charge on any atom is -0.343 e. The molecule has 7 nitrogen and oxygen atoms in total. The van der Waals surface area contributed by atoms with E-state index in [9.17, 15) is 9.59 Å². The fraction of sp³-hybridized carbons (Fsp3) is 0.450. The molecule has 2 amide bonds. The second kappa shape index (κ2) is 6.81. The predicted octanol–water partition coefficient (Wildman–Crippen LogP) is 1.05. The van der Waals surface area contributed by atoms with E-state index >= 15 is 0 Å². The van der Waals surface area contributed by atoms with Gasteiger partial charge in [0.1, 0.15) is 0 Å². The first-order chi connectivity index (χ1) is 13.0. The second-order valence-electron chi connectivity index (χ2n) is 7.64. The third-order valence-corrected chi connectivity index (χ3v) is 5.62. The number of H-pyrrole nitrogens is 1. The summed E-state index contributed by atoms with van der Waals surface area (Å²) in [5, 5.41) is 7.18. The van der Waals surface area contributed by atoms with Crippen LogP contribution in [-0.4, -0.2) is 70.4 Å². The van der Waals surface area contributed by atoms with E-state index in [0.29, 0.717) is 25.2 Å². The Kier molecular flexibility index (Phi) is 4.47. The second-order valence-corrected chi connectivity index (χ2v) is 7.64. The number of nitrogens with zero attached hydrogens (tertiary/aromatic N) is 4. The number of hydrogen-bond donors (Lipinski definition) is 1. The number of benzene rings is 1. The number of hydrogen-bond acceptors (Lipinski definition) is 4. The van der Waals surface area contributed by atoms with Gasteiger partial charge in [-0.25, -0.2) is 0 Å². The molecule has 27 heavy (non-hydrogen) atoms. The van der Waals surface area contributed by atoms with Gasteiger partial charge in [0, 0.05) is 51.4 Å². The number of aromatic amines is 1. The van der Waals surface area contributed by atoms with Gasteiger partial charge < -0.3 is 9.80 Å². The van der Waals surface area contributed by atoms with Crippen LogP contribution < -0.4 is 0 Å². The molecule has 142 valence electrons. The maximum atomic E-state index is 13.3. The number of aromatic nitrogens is 2. The van der Waals surface area contributed by atoms with Crippen LogP contribution in [0.5, 0.6) is 0 Å². The Morgan fingerprint density at radius 2 is 1.93 bits per heavy atom. The molecule has 2 aliphatic rings. The standard InChI is InChI=1S/C20H25N5O2/c1-23(2)20(27)18-15-12-25(9-8-16(15)21-22-18)19(26)17-10-13-6-4-5-7-14(13)11-24(17)3/h4-7,17H,8-12H2,1-3H3,(H,21,22)/t17-/m0/s1. The molecular weight excluding hydrogens is 342 g/mol. The van der Waals surface area contributed by atoms with Gasteiger partial charge in [-0.1, -0.05) is 24.3 Å². The quantitative estimate of drug-likeness (QED) is 0.861. The molecule has 2 aliphatic heterocycles. The maximum absolute atomic E-state index is 13.3. The van der Waals surface area contributed by atoms with Crippen LogP contribution in [-0.2, 0) is 30.7 Å². The van der Waals surface area contributed by atoms with Crippen molar-refractivity contribution < 1.29 is 9.59 Å². The first kappa shape index (κ1) is 17.7. The smallest absolute Gasteiger partial charge is 0.274 e. The van der Waals surface area contributed by atoms with E-state index in [0.717, 1.165) is 24.2 Å². The highest BCUT2D eigenvalue weighted by atomic mass is 16.2. The number of rotatable bonds is 2. The molecule has 7 heteroatoms. The predicted molar refractivity (Wildman–Crippen MR) is 101 cm³/mol. The van der Waals surface area contributed by atoms with E-state index < -0.39 is 0 Å². The molecule has 3 heterocycles. The van der Waals surface area contributed by atoms with E-state index in [1.807, 2.05) is 24.1 Å². The summed E-state index contributed by atoms with van der Waals surface area (Å²) in [6.07, 6.45) is 1.42. The van der Waals surface area contributed by atoms with Crippen LogP contribution in [0.25, 0.3) is 0 Å². The third-order valence-electron chi connectivity index (χ3n) is 5.62. The Labute approximate surface area is 158 Å². The van der Waals surface area contributed by atoms with Crippen LogP contribution in [0, 0.1) is 0 Å². The fourth-order valence-corrected chi connectivity index (χ4v) is 4.01. The Hall–Kier alpha value is -2.67. The van der Waals surface area contributed by atoms with Crippen molar-refractivity contribution in [2.75, 3.05) is 27.7 Å². The topological polar surface area (TPSA) is 72.5 Å². The van der Waals surface area contributed by atoms with E-state index in [1.54, 1.807) is 14.1 Å². The van der Waals surface area contributed by atoms with Crippen LogP contribution in [0.1, 0.15) is 32.9 Å². The molecule has 0 saturated carbocycles. The molecule has 1 aromatic carbocycles. The van der Waals surface area contributed by atoms with Crippen LogP contribution >= 0.6 is 0 Å². The molecule has 1 aromatic heterocycles. The summed E-state index contributed by atoms with van der Waals surface area (Å²) < 4.78 is 0. The number of fused-ring (bicyclic) bond motifs is 2. The Bertz CT molecular complexity index is 888. The molecule has 0 unspecified atom stereocenters. The van der Waals surface area contributed by atoms with Crippen molar-refractivity contribution in [3.05, 3.63) is 52.3 Å². The molecule has 0 spiro atoms. The number of nitrogens with one attached hydrogen (secondary N) is 1. The molecule has 0 bridgehead atoms. The molecule has 0 radical (unpaired) electrons. The van der Waals surface area contributed by atoms with E-state index in [4.69, 9.17) is 0 Å². The first-order valence-electron chi connectivity index (χ1n) is 9.29. The highest BCUT2D eigenvalue weighted by Gasteiger charge is 2.35. The summed E-state index contributed by atoms with van der Waals surface area (Å²) in [6, 6.07) is 8.15. The van der Waals surface area contributed by atoms with Gasteiger partial charge in [0.2, 0.25) is 5.91 Å². The van der Waals surface area contributed by atoms with Crippen LogP contribution in [0.3, 0.4) is 0 Å². The van der Waals surface area contributed by atoms with E-state index in [1.165, 1.54) is 16.0 Å². The van der Waals surface area contributed by atoms with Gasteiger partial charge in [0.05, 0.1) is 6.04 Å². The van der Waals surface area contributed by atoms with Gasteiger partial charge in [0.25, 0.3) is 5.91 Å². The third kappa shape index (κ3) is 3.12. The average molecular weight is 367 g/mol. The molecule has 1 N–H and O–H groups in total. The maximum Gasteiger partial charge on any atom is 0.274 e. The van der Waals surface area contributed by atoms with Gasteiger partial charge in [-0.2, -0.15) is 5.10 Å². The van der Waals surface area contributed by atoms with Gasteiger partial charge in [-0.05, 0) is 24.6 Å². The highest BCUT2D eigenvalue weighted by molar-refractivity contribution is 5.94. The van der Waals surface area contributed by atoms with Gasteiger partial charge >= 0.3 is 0 Å². The normalized spacial score (nSPS) is 19.4. The zero-order valence-corrected chi connectivity index (χ0v) is 16.0. The van der Waals surface area contributed by atoms with Gasteiger partial charge in [-0.3, -0.25) is 19.6 Å². The largest absolute Gasteiger partial charge is 0.343 e. The van der Waals surface area contributed by atoms with Gasteiger partial charge in [0.15, 0.2) is 5.69 Å². The van der Waals surface area contributed by atoms with Crippen LogP contribution in [0.4, 0.5) is 0 Å². The lowest BCUT2D eigenvalue weighted by atomic mass is 9.93. The molecule has 4 rings (SSSR count). The van der Waals surface area contributed by atoms with Crippen molar-refractivity contribution in [2.45, 2.75) is 32.0 Å². The van der Waals surface area contributed by atoms with Crippen molar-refractivity contribution in [3.8, 4) is 0 Å². The van der Waals surface area contributed by atoms with Crippen molar-refractivity contribution in [1.29, 1.82) is 0 Å². The number of carbonyl (C=O) groups is 2. The first-order valence-corrected chi connectivity index (χ1v) is 9.29. The van der Waals surface area contributed by atoms with Crippen molar-refractivity contribution in [2.24, 2.45) is 0 Å². The minimum absolute atomic E-state index is 0.127. The van der Waals surface area contributed by atoms with Crippen molar-refractivity contribution in [1.82, 2.24) is 24.9 Å². The lowest BCUT2D eigenvalue weighted by Crippen LogP contribution is -2.51. The molecule has 2 aromatic rings. The summed E-state index contributed by atoms with van der Waals surface area (Å²) in [4.78, 5) is 31.2. The van der Waals surface area contributed by atoms with E-state index in [2.05, 4.69) is 27.2 Å². The Morgan fingerprint density at radius 3 is 2.67 bits per heavy atom. The molecule has 0 fully saturated rings. The Balaban J connectivity index is 1.55. The number of likely N-dealkylation sites (N-methyl/N-ethyl adjacent to an activating group) is 1. The van der Waals surface area contributed by atoms with Crippen LogP contribution in [0.2, 0.25) is 0 Å². The van der Waals surface area contributed by atoms with Gasteiger partial charge in [-0.15, -0.1) is 0 Å². The molecule has 0 saturated heterocycles. The number of amides is 2. The highest BCUT2D eigenvalue weighted by Crippen LogP contribution is 2.26. The van der Waals surface area contributed by atoms with E-state index in [-0.39, 0.29) is 17.9 Å². The molecule has 0 aliphatic carbocycles. The summed E-state index contributed by atoms with van der Waals surface area (Å²) >= 11 is 0. The van der Waals surface area contributed by atoms with Crippen molar-refractivity contribution in [3.63, 3.8) is 0 Å². The lowest BCUT2D eigenvalue weighted by molar-refractivity contribution is -0.138. The SMILES string of the molecule is CN(C)C(=O)c1n[nH]c2c1CN(C(=O)[C@@H]1Cc3ccccc3CN1C)CC2. The van der Waals surface area contributed by atoms with Crippen molar-refractivity contribution >= 4 is 11.8 Å². The molecule has 1 atom stereocenters. The summed E-state index contributed by atoms with van der Waals surface area (Å²) in [5.74, 6) is -0.00684. The summed E-state index contributed by atoms with van der Waals surface area (Å²) in [7, 11) is 5.43. The lowest BCUT2D eigenvalue weighted by Gasteiger charge is -2.37. The minimum atomic E-state index is -0.165.